The summed E-state index contributed by atoms with van der Waals surface area (Å²) >= 11 is 12.4. The molecule has 0 aliphatic heterocycles. The normalized spacial score (nSPS) is 12.3. The second-order valence-corrected chi connectivity index (χ2v) is 13.5. The minimum absolute atomic E-state index is 0.00910. The highest BCUT2D eigenvalue weighted by Gasteiger charge is 2.35. The number of methoxy groups -OCH3 is 2. The number of benzene rings is 3. The number of nitrogens with zero attached hydrogens (tertiary/aromatic N) is 2. The zero-order chi connectivity index (χ0) is 31.9. The van der Waals surface area contributed by atoms with Crippen molar-refractivity contribution < 1.29 is 27.5 Å². The molecule has 0 radical (unpaired) electrons. The van der Waals surface area contributed by atoms with Crippen molar-refractivity contribution in [2.45, 2.75) is 57.1 Å². The SMILES string of the molecule is CC[C@@H](C(=O)NC(C)(C)C)N(Cc1ccc(Cl)c(Cl)c1)C(=O)CN(c1ccccc1)S(=O)(=O)c1ccc(OC)c(OC)c1. The number of hydrogen-bond donors (Lipinski definition) is 1. The lowest BCUT2D eigenvalue weighted by molar-refractivity contribution is -0.141. The molecule has 0 spiro atoms. The average Bonchev–Trinajstić information content (AvgIpc) is 2.96. The molecule has 3 aromatic rings. The van der Waals surface area contributed by atoms with Crippen LogP contribution < -0.4 is 19.1 Å². The van der Waals surface area contributed by atoms with Gasteiger partial charge in [-0.25, -0.2) is 8.42 Å². The summed E-state index contributed by atoms with van der Waals surface area (Å²) in [6.07, 6.45) is 0.280. The lowest BCUT2D eigenvalue weighted by Gasteiger charge is -2.34. The van der Waals surface area contributed by atoms with Crippen LogP contribution in [0.3, 0.4) is 0 Å². The molecule has 43 heavy (non-hydrogen) atoms. The van der Waals surface area contributed by atoms with E-state index in [2.05, 4.69) is 5.32 Å². The molecule has 0 saturated heterocycles. The standard InChI is InChI=1S/C31H37Cl2N3O6S/c1-7-26(30(38)34-31(2,3)4)35(19-21-13-15-24(32)25(33)17-21)29(37)20-36(22-11-9-8-10-12-22)43(39,40)23-14-16-27(41-5)28(18-23)42-6/h8-18,26H,7,19-20H2,1-6H3,(H,34,38)/t26-/m0/s1. The van der Waals surface area contributed by atoms with E-state index in [9.17, 15) is 18.0 Å². The Bertz CT molecular complexity index is 1540. The molecule has 0 aromatic heterocycles. The average molecular weight is 651 g/mol. The van der Waals surface area contributed by atoms with Gasteiger partial charge < -0.3 is 19.7 Å². The van der Waals surface area contributed by atoms with E-state index in [1.807, 2.05) is 20.8 Å². The fourth-order valence-corrected chi connectivity index (χ4v) is 6.19. The first-order chi connectivity index (χ1) is 20.2. The van der Waals surface area contributed by atoms with Gasteiger partial charge in [0, 0.05) is 18.2 Å². The van der Waals surface area contributed by atoms with Crippen LogP contribution in [0.15, 0.2) is 71.6 Å². The van der Waals surface area contributed by atoms with Gasteiger partial charge in [-0.05, 0) is 69.2 Å². The molecule has 1 atom stereocenters. The first kappa shape index (κ1) is 34.0. The van der Waals surface area contributed by atoms with E-state index in [-0.39, 0.29) is 35.2 Å². The molecule has 3 rings (SSSR count). The van der Waals surface area contributed by atoms with E-state index in [4.69, 9.17) is 32.7 Å². The smallest absolute Gasteiger partial charge is 0.264 e. The Morgan fingerprint density at radius 2 is 1.56 bits per heavy atom. The summed E-state index contributed by atoms with van der Waals surface area (Å²) in [6.45, 7) is 6.73. The molecule has 0 aliphatic rings. The number of carbonyl (C=O) groups is 2. The number of anilines is 1. The van der Waals surface area contributed by atoms with Gasteiger partial charge in [0.15, 0.2) is 11.5 Å². The third kappa shape index (κ3) is 8.55. The minimum atomic E-state index is -4.30. The van der Waals surface area contributed by atoms with Crippen LogP contribution in [0.25, 0.3) is 0 Å². The van der Waals surface area contributed by atoms with Gasteiger partial charge in [-0.15, -0.1) is 0 Å². The van der Waals surface area contributed by atoms with Gasteiger partial charge >= 0.3 is 0 Å². The summed E-state index contributed by atoms with van der Waals surface area (Å²) in [4.78, 5) is 28.9. The van der Waals surface area contributed by atoms with Gasteiger partial charge in [0.05, 0.1) is 34.8 Å². The number of sulfonamides is 1. The van der Waals surface area contributed by atoms with Crippen LogP contribution in [-0.2, 0) is 26.2 Å². The van der Waals surface area contributed by atoms with Crippen LogP contribution in [0.5, 0.6) is 11.5 Å². The summed E-state index contributed by atoms with van der Waals surface area (Å²) in [5.41, 5.74) is 0.335. The zero-order valence-corrected chi connectivity index (χ0v) is 27.4. The van der Waals surface area contributed by atoms with Gasteiger partial charge in [-0.1, -0.05) is 54.4 Å². The number of carbonyl (C=O) groups excluding carboxylic acids is 2. The molecular weight excluding hydrogens is 613 g/mol. The van der Waals surface area contributed by atoms with Crippen LogP contribution in [0, 0.1) is 0 Å². The molecule has 232 valence electrons. The molecule has 9 nitrogen and oxygen atoms in total. The van der Waals surface area contributed by atoms with Crippen molar-refractivity contribution in [3.05, 3.63) is 82.3 Å². The number of amides is 2. The zero-order valence-electron chi connectivity index (χ0n) is 25.1. The van der Waals surface area contributed by atoms with Gasteiger partial charge in [0.25, 0.3) is 10.0 Å². The topological polar surface area (TPSA) is 105 Å². The van der Waals surface area contributed by atoms with E-state index in [1.54, 1.807) is 55.5 Å². The van der Waals surface area contributed by atoms with Crippen LogP contribution >= 0.6 is 23.2 Å². The Hall–Kier alpha value is -3.47. The van der Waals surface area contributed by atoms with Crippen molar-refractivity contribution in [1.82, 2.24) is 10.2 Å². The maximum atomic E-state index is 14.2. The van der Waals surface area contributed by atoms with Gasteiger partial charge in [-0.2, -0.15) is 0 Å². The predicted molar refractivity (Wildman–Crippen MR) is 170 cm³/mol. The van der Waals surface area contributed by atoms with Crippen molar-refractivity contribution >= 4 is 50.7 Å². The highest BCUT2D eigenvalue weighted by Crippen LogP contribution is 2.32. The Labute approximate surface area is 263 Å². The van der Waals surface area contributed by atoms with E-state index >= 15 is 0 Å². The molecule has 0 aliphatic carbocycles. The number of rotatable bonds is 12. The van der Waals surface area contributed by atoms with E-state index in [1.165, 1.54) is 37.3 Å². The second kappa shape index (κ2) is 14.3. The molecule has 1 N–H and O–H groups in total. The van der Waals surface area contributed by atoms with E-state index in [0.29, 0.717) is 21.4 Å². The molecule has 0 unspecified atom stereocenters. The fourth-order valence-electron chi connectivity index (χ4n) is 4.43. The summed E-state index contributed by atoms with van der Waals surface area (Å²) in [5, 5.41) is 3.58. The largest absolute Gasteiger partial charge is 0.493 e. The minimum Gasteiger partial charge on any atom is -0.493 e. The molecular formula is C31H37Cl2N3O6S. The molecule has 0 saturated carbocycles. The molecule has 3 aromatic carbocycles. The molecule has 0 fully saturated rings. The summed E-state index contributed by atoms with van der Waals surface area (Å²) in [5.74, 6) is -0.381. The van der Waals surface area contributed by atoms with Crippen LogP contribution in [-0.4, -0.2) is 57.5 Å². The molecule has 2 amide bonds. The first-order valence-electron chi connectivity index (χ1n) is 13.6. The monoisotopic (exact) mass is 649 g/mol. The highest BCUT2D eigenvalue weighted by atomic mass is 35.5. The van der Waals surface area contributed by atoms with Crippen molar-refractivity contribution in [3.8, 4) is 11.5 Å². The quantitative estimate of drug-likeness (QED) is 0.261. The number of halogens is 2. The van der Waals surface area contributed by atoms with Gasteiger partial charge in [-0.3, -0.25) is 13.9 Å². The number of para-hydroxylation sites is 1. The number of ether oxygens (including phenoxy) is 2. The lowest BCUT2D eigenvalue weighted by atomic mass is 10.1. The fraction of sp³-hybridized carbons (Fsp3) is 0.355. The third-order valence-electron chi connectivity index (χ3n) is 6.49. The van der Waals surface area contributed by atoms with Crippen LogP contribution in [0.2, 0.25) is 10.0 Å². The van der Waals surface area contributed by atoms with Gasteiger partial charge in [0.2, 0.25) is 11.8 Å². The lowest BCUT2D eigenvalue weighted by Crippen LogP contribution is -2.55. The Morgan fingerprint density at radius 1 is 0.907 bits per heavy atom. The Balaban J connectivity index is 2.10. The Morgan fingerprint density at radius 3 is 2.12 bits per heavy atom. The van der Waals surface area contributed by atoms with Crippen molar-refractivity contribution in [1.29, 1.82) is 0 Å². The molecule has 0 bridgehead atoms. The number of nitrogens with one attached hydrogen (secondary N) is 1. The third-order valence-corrected chi connectivity index (χ3v) is 9.00. The summed E-state index contributed by atoms with van der Waals surface area (Å²) < 4.78 is 39.8. The summed E-state index contributed by atoms with van der Waals surface area (Å²) in [6, 6.07) is 16.5. The Kier molecular flexibility index (Phi) is 11.3. The van der Waals surface area contributed by atoms with Crippen molar-refractivity contribution in [3.63, 3.8) is 0 Å². The van der Waals surface area contributed by atoms with Gasteiger partial charge in [0.1, 0.15) is 12.6 Å². The highest BCUT2D eigenvalue weighted by molar-refractivity contribution is 7.92. The van der Waals surface area contributed by atoms with Crippen LogP contribution in [0.4, 0.5) is 5.69 Å². The first-order valence-corrected chi connectivity index (χ1v) is 15.8. The van der Waals surface area contributed by atoms with E-state index < -0.39 is 34.1 Å². The second-order valence-electron chi connectivity index (χ2n) is 10.8. The summed E-state index contributed by atoms with van der Waals surface area (Å²) in [7, 11) is -1.44. The van der Waals surface area contributed by atoms with Crippen LogP contribution in [0.1, 0.15) is 39.7 Å². The predicted octanol–water partition coefficient (Wildman–Crippen LogP) is 5.93. The maximum Gasteiger partial charge on any atom is 0.264 e. The number of hydrogen-bond acceptors (Lipinski definition) is 6. The molecule has 12 heteroatoms. The molecule has 0 heterocycles. The maximum absolute atomic E-state index is 14.2. The van der Waals surface area contributed by atoms with Crippen molar-refractivity contribution in [2.75, 3.05) is 25.1 Å². The van der Waals surface area contributed by atoms with Crippen molar-refractivity contribution in [2.24, 2.45) is 0 Å². The van der Waals surface area contributed by atoms with E-state index in [0.717, 1.165) is 4.31 Å².